The van der Waals surface area contributed by atoms with Crippen LogP contribution in [-0.2, 0) is 0 Å². The summed E-state index contributed by atoms with van der Waals surface area (Å²) in [4.78, 5) is 19.5. The fourth-order valence-electron chi connectivity index (χ4n) is 7.29. The summed E-state index contributed by atoms with van der Waals surface area (Å²) in [7, 11) is 0. The first-order valence-corrected chi connectivity index (χ1v) is 18.3. The van der Waals surface area contributed by atoms with Gasteiger partial charge >= 0.3 is 0 Å². The van der Waals surface area contributed by atoms with E-state index >= 15 is 0 Å². The Balaban J connectivity index is 1.09. The molecule has 0 spiro atoms. The lowest BCUT2D eigenvalue weighted by atomic mass is 10.0. The van der Waals surface area contributed by atoms with Crippen molar-refractivity contribution in [3.8, 4) is 67.5 Å². The minimum Gasteiger partial charge on any atom is -0.276 e. The van der Waals surface area contributed by atoms with E-state index in [4.69, 9.17) is 15.0 Å². The zero-order valence-corrected chi connectivity index (χ0v) is 30.3. The second-order valence-corrected chi connectivity index (χ2v) is 13.2. The molecule has 9 aromatic rings. The third-order valence-corrected chi connectivity index (χ3v) is 9.85. The van der Waals surface area contributed by atoms with E-state index in [1.807, 2.05) is 55.6 Å². The summed E-state index contributed by atoms with van der Waals surface area (Å²) in [6.45, 7) is 5.94. The van der Waals surface area contributed by atoms with Crippen molar-refractivity contribution in [2.75, 3.05) is 0 Å². The van der Waals surface area contributed by atoms with Crippen LogP contribution in [0.2, 0.25) is 0 Å². The molecule has 0 saturated carbocycles. The van der Waals surface area contributed by atoms with Gasteiger partial charge in [0.05, 0.1) is 11.4 Å². The third kappa shape index (κ3) is 6.15. The third-order valence-electron chi connectivity index (χ3n) is 9.85. The fraction of sp³-hybridized carbons (Fsp3) is 0.0204. The van der Waals surface area contributed by atoms with Gasteiger partial charge in [0.25, 0.3) is 0 Å². The van der Waals surface area contributed by atoms with Crippen molar-refractivity contribution in [3.05, 3.63) is 188 Å². The first-order chi connectivity index (χ1) is 27.2. The van der Waals surface area contributed by atoms with E-state index in [2.05, 4.69) is 160 Å². The van der Waals surface area contributed by atoms with Crippen molar-refractivity contribution < 1.29 is 0 Å². The lowest BCUT2D eigenvalue weighted by Gasteiger charge is -2.15. The molecule has 3 heterocycles. The molecule has 0 radical (unpaired) electrons. The number of benzene rings is 6. The van der Waals surface area contributed by atoms with Crippen LogP contribution in [0.25, 0.3) is 84.8 Å². The van der Waals surface area contributed by atoms with Gasteiger partial charge in [-0.2, -0.15) is 0 Å². The van der Waals surface area contributed by atoms with Gasteiger partial charge in [-0.3, -0.25) is 9.13 Å². The van der Waals surface area contributed by atoms with Gasteiger partial charge in [-0.1, -0.05) is 152 Å². The molecule has 6 aromatic carbocycles. The molecular weight excluding hydrogens is 673 g/mol. The van der Waals surface area contributed by atoms with Crippen molar-refractivity contribution in [2.45, 2.75) is 6.92 Å². The quantitative estimate of drug-likeness (QED) is 0.140. The molecule has 0 fully saturated rings. The van der Waals surface area contributed by atoms with Crippen molar-refractivity contribution in [2.24, 2.45) is 4.99 Å². The highest BCUT2D eigenvalue weighted by Gasteiger charge is 2.21. The predicted octanol–water partition coefficient (Wildman–Crippen LogP) is 12.3. The number of pyridine rings is 1. The number of hydrogen-bond donors (Lipinski definition) is 0. The van der Waals surface area contributed by atoms with Crippen LogP contribution in [0.3, 0.4) is 0 Å². The van der Waals surface area contributed by atoms with Crippen LogP contribution in [0.4, 0.5) is 5.82 Å². The van der Waals surface area contributed by atoms with E-state index in [0.29, 0.717) is 5.82 Å². The predicted molar refractivity (Wildman–Crippen MR) is 227 cm³/mol. The standard InChI is InChI=1S/C49H36N6/c1-3-15-42-48(50-2)54(44-23-12-10-20-40(44)36-16-6-4-7-17-36)46(52-42)38-29-25-34(26-30-38)35-27-31-39(32-28-35)47-53-43-22-14-33-51-49(43)55(47)45-24-13-11-21-41(45)37-18-8-5-9-19-37/h3-33H,2H2,1H3/b15-3-. The average molecular weight is 709 g/mol. The molecule has 0 atom stereocenters. The second kappa shape index (κ2) is 14.5. The van der Waals surface area contributed by atoms with Gasteiger partial charge in [-0.15, -0.1) is 0 Å². The number of hydrogen-bond acceptors (Lipinski definition) is 4. The van der Waals surface area contributed by atoms with E-state index in [-0.39, 0.29) is 0 Å². The number of allylic oxidation sites excluding steroid dienone is 1. The smallest absolute Gasteiger partial charge is 0.164 e. The van der Waals surface area contributed by atoms with Gasteiger partial charge in [-0.05, 0) is 66.2 Å². The average Bonchev–Trinajstić information content (AvgIpc) is 3.83. The zero-order valence-electron chi connectivity index (χ0n) is 30.3. The normalized spacial score (nSPS) is 11.4. The molecule has 262 valence electrons. The highest BCUT2D eigenvalue weighted by Crippen LogP contribution is 2.38. The van der Waals surface area contributed by atoms with Crippen molar-refractivity contribution in [1.29, 1.82) is 0 Å². The number of imidazole rings is 2. The number of fused-ring (bicyclic) bond motifs is 1. The molecule has 3 aromatic heterocycles. The van der Waals surface area contributed by atoms with Gasteiger partial charge in [-0.25, -0.2) is 19.9 Å². The molecule has 0 unspecified atom stereocenters. The second-order valence-electron chi connectivity index (χ2n) is 13.2. The molecule has 0 N–H and O–H groups in total. The first kappa shape index (κ1) is 33.4. The van der Waals surface area contributed by atoms with E-state index in [0.717, 1.165) is 84.4 Å². The zero-order chi connectivity index (χ0) is 37.1. The van der Waals surface area contributed by atoms with Crippen molar-refractivity contribution in [1.82, 2.24) is 24.1 Å². The number of aliphatic imine (C=N–C) groups is 1. The topological polar surface area (TPSA) is 60.9 Å². The summed E-state index contributed by atoms with van der Waals surface area (Å²) in [5.41, 5.74) is 13.1. The summed E-state index contributed by atoms with van der Waals surface area (Å²) >= 11 is 0. The summed E-state index contributed by atoms with van der Waals surface area (Å²) in [6, 6.07) is 58.8. The molecular formula is C49H36N6. The van der Waals surface area contributed by atoms with E-state index in [9.17, 15) is 0 Å². The minimum atomic E-state index is 0.698. The van der Waals surface area contributed by atoms with Crippen LogP contribution in [0, 0.1) is 0 Å². The van der Waals surface area contributed by atoms with Gasteiger partial charge < -0.3 is 0 Å². The van der Waals surface area contributed by atoms with Crippen LogP contribution < -0.4 is 0 Å². The SMILES string of the molecule is C=Nc1c(/C=C\C)nc(-c2ccc(-c3ccc(-c4nc5cccnc5n4-c4ccccc4-c4ccccc4)cc3)cc2)n1-c1ccccc1-c1ccccc1. The maximum absolute atomic E-state index is 5.10. The molecule has 0 aliphatic carbocycles. The Morgan fingerprint density at radius 3 is 1.53 bits per heavy atom. The maximum Gasteiger partial charge on any atom is 0.164 e. The molecule has 0 aliphatic heterocycles. The monoisotopic (exact) mass is 708 g/mol. The van der Waals surface area contributed by atoms with Crippen LogP contribution in [0.5, 0.6) is 0 Å². The van der Waals surface area contributed by atoms with E-state index in [1.54, 1.807) is 0 Å². The molecule has 55 heavy (non-hydrogen) atoms. The van der Waals surface area contributed by atoms with E-state index in [1.165, 1.54) is 0 Å². The van der Waals surface area contributed by atoms with E-state index < -0.39 is 0 Å². The lowest BCUT2D eigenvalue weighted by Crippen LogP contribution is -2.01. The minimum absolute atomic E-state index is 0.698. The largest absolute Gasteiger partial charge is 0.276 e. The summed E-state index contributed by atoms with van der Waals surface area (Å²) < 4.78 is 4.29. The summed E-state index contributed by atoms with van der Waals surface area (Å²) in [5, 5.41) is 0. The Bertz CT molecular complexity index is 2810. The van der Waals surface area contributed by atoms with Gasteiger partial charge in [0, 0.05) is 28.5 Å². The number of aromatic nitrogens is 5. The highest BCUT2D eigenvalue weighted by atomic mass is 15.2. The maximum atomic E-state index is 5.10. The molecule has 9 rings (SSSR count). The molecule has 6 heteroatoms. The van der Waals surface area contributed by atoms with Crippen molar-refractivity contribution in [3.63, 3.8) is 0 Å². The fourth-order valence-corrected chi connectivity index (χ4v) is 7.29. The van der Waals surface area contributed by atoms with Crippen LogP contribution in [-0.4, -0.2) is 30.8 Å². The van der Waals surface area contributed by atoms with Crippen LogP contribution in [0.15, 0.2) is 187 Å². The van der Waals surface area contributed by atoms with Crippen LogP contribution >= 0.6 is 0 Å². The summed E-state index contributed by atoms with van der Waals surface area (Å²) in [5.74, 6) is 2.33. The Kier molecular flexibility index (Phi) is 8.82. The molecule has 0 saturated heterocycles. The summed E-state index contributed by atoms with van der Waals surface area (Å²) in [6.07, 6.45) is 5.79. The Hall–Kier alpha value is -7.44. The molecule has 0 aliphatic rings. The molecule has 6 nitrogen and oxygen atoms in total. The number of rotatable bonds is 9. The Labute approximate surface area is 320 Å². The van der Waals surface area contributed by atoms with Crippen molar-refractivity contribution >= 4 is 29.8 Å². The molecule has 0 bridgehead atoms. The van der Waals surface area contributed by atoms with Gasteiger partial charge in [0.1, 0.15) is 22.9 Å². The number of para-hydroxylation sites is 2. The first-order valence-electron chi connectivity index (χ1n) is 18.3. The highest BCUT2D eigenvalue weighted by molar-refractivity contribution is 5.85. The number of nitrogens with zero attached hydrogens (tertiary/aromatic N) is 6. The van der Waals surface area contributed by atoms with Crippen LogP contribution in [0.1, 0.15) is 12.6 Å². The lowest BCUT2D eigenvalue weighted by molar-refractivity contribution is 1.06. The Morgan fingerprint density at radius 1 is 0.491 bits per heavy atom. The molecule has 0 amide bonds. The Morgan fingerprint density at radius 2 is 0.982 bits per heavy atom. The van der Waals surface area contributed by atoms with Gasteiger partial charge in [0.15, 0.2) is 11.5 Å². The van der Waals surface area contributed by atoms with Gasteiger partial charge in [0.2, 0.25) is 0 Å².